The largest absolute Gasteiger partial charge is 0.263 e. The maximum atomic E-state index is 4.75. The number of aryl methyl sites for hydroxylation is 1. The van der Waals surface area contributed by atoms with Gasteiger partial charge in [-0.05, 0) is 64.0 Å². The zero-order valence-corrected chi connectivity index (χ0v) is 14.8. The lowest BCUT2D eigenvalue weighted by Gasteiger charge is -2.08. The van der Waals surface area contributed by atoms with Gasteiger partial charge in [0, 0.05) is 11.4 Å². The maximum absolute atomic E-state index is 4.75. The second-order valence-electron chi connectivity index (χ2n) is 6.07. The second-order valence-corrected chi connectivity index (χ2v) is 6.07. The molecule has 0 saturated carbocycles. The molecular weight excluding hydrogens is 266 g/mol. The molecule has 0 heterocycles. The van der Waals surface area contributed by atoms with Gasteiger partial charge in [-0.3, -0.25) is 4.99 Å². The Morgan fingerprint density at radius 3 is 2.50 bits per heavy atom. The van der Waals surface area contributed by atoms with Crippen LogP contribution < -0.4 is 0 Å². The van der Waals surface area contributed by atoms with Gasteiger partial charge in [0.2, 0.25) is 0 Å². The van der Waals surface area contributed by atoms with Crippen molar-refractivity contribution in [3.8, 4) is 0 Å². The molecule has 0 fully saturated rings. The van der Waals surface area contributed by atoms with Crippen LogP contribution in [0.5, 0.6) is 0 Å². The van der Waals surface area contributed by atoms with Gasteiger partial charge in [0.05, 0.1) is 0 Å². The van der Waals surface area contributed by atoms with Gasteiger partial charge in [-0.25, -0.2) is 0 Å². The van der Waals surface area contributed by atoms with E-state index in [2.05, 4.69) is 58.5 Å². The molecule has 1 heteroatoms. The first-order valence-corrected chi connectivity index (χ1v) is 8.49. The molecule has 0 spiro atoms. The van der Waals surface area contributed by atoms with E-state index in [0.29, 0.717) is 0 Å². The van der Waals surface area contributed by atoms with E-state index >= 15 is 0 Å². The lowest BCUT2D eigenvalue weighted by molar-refractivity contribution is 0.799. The minimum Gasteiger partial charge on any atom is -0.263 e. The Labute approximate surface area is 136 Å². The Bertz CT molecular complexity index is 535. The minimum absolute atomic E-state index is 1.10. The molecular formula is C21H31N. The highest BCUT2D eigenvalue weighted by molar-refractivity contribution is 5.82. The van der Waals surface area contributed by atoms with E-state index in [9.17, 15) is 0 Å². The van der Waals surface area contributed by atoms with E-state index in [4.69, 9.17) is 4.99 Å². The van der Waals surface area contributed by atoms with Crippen molar-refractivity contribution in [3.05, 3.63) is 53.2 Å². The van der Waals surface area contributed by atoms with Crippen LogP contribution in [0, 0.1) is 0 Å². The summed E-state index contributed by atoms with van der Waals surface area (Å²) in [5, 5.41) is 0. The second kappa shape index (κ2) is 10.2. The minimum atomic E-state index is 1.10. The van der Waals surface area contributed by atoms with E-state index in [1.807, 2.05) is 6.08 Å². The summed E-state index contributed by atoms with van der Waals surface area (Å²) >= 11 is 0. The molecule has 0 aromatic heterocycles. The number of benzene rings is 1. The fourth-order valence-corrected chi connectivity index (χ4v) is 2.56. The lowest BCUT2D eigenvalue weighted by Crippen LogP contribution is -1.94. The van der Waals surface area contributed by atoms with E-state index in [1.165, 1.54) is 41.0 Å². The Kier molecular flexibility index (Phi) is 8.50. The molecule has 0 aliphatic carbocycles. The average molecular weight is 297 g/mol. The van der Waals surface area contributed by atoms with Crippen molar-refractivity contribution in [1.29, 1.82) is 0 Å². The smallest absolute Gasteiger partial charge is 0.0361 e. The summed E-state index contributed by atoms with van der Waals surface area (Å²) in [5.74, 6) is 0. The molecule has 1 aromatic rings. The Hall–Kier alpha value is -1.63. The van der Waals surface area contributed by atoms with Gasteiger partial charge in [0.15, 0.2) is 0 Å². The first-order valence-electron chi connectivity index (χ1n) is 8.49. The van der Waals surface area contributed by atoms with Crippen LogP contribution in [0.2, 0.25) is 0 Å². The van der Waals surface area contributed by atoms with E-state index in [-0.39, 0.29) is 0 Å². The van der Waals surface area contributed by atoms with Gasteiger partial charge in [-0.15, -0.1) is 0 Å². The van der Waals surface area contributed by atoms with Crippen LogP contribution in [0.1, 0.15) is 70.9 Å². The molecule has 1 aromatic carbocycles. The summed E-state index contributed by atoms with van der Waals surface area (Å²) in [7, 11) is 0. The Morgan fingerprint density at radius 2 is 1.82 bits per heavy atom. The summed E-state index contributed by atoms with van der Waals surface area (Å²) in [5.41, 5.74) is 6.52. The molecule has 0 bridgehead atoms. The molecule has 0 N–H and O–H groups in total. The number of hydrogen-bond donors (Lipinski definition) is 0. The standard InChI is InChI=1S/C21H31N/c1-6-8-13-18(4)22-19(5)17(3)12-11-16-21-15-10-9-14-20(21)7-2/h7,9-10,14-15H,2,6,8,11-13,16H2,1,3-5H3/b19-17+,22-18?. The number of hydrogen-bond acceptors (Lipinski definition) is 1. The third-order valence-corrected chi connectivity index (χ3v) is 4.14. The Morgan fingerprint density at radius 1 is 1.09 bits per heavy atom. The molecule has 0 aliphatic heterocycles. The molecule has 1 nitrogen and oxygen atoms in total. The predicted molar refractivity (Wildman–Crippen MR) is 100 cm³/mol. The van der Waals surface area contributed by atoms with Gasteiger partial charge < -0.3 is 0 Å². The fraction of sp³-hybridized carbons (Fsp3) is 0.476. The van der Waals surface area contributed by atoms with Gasteiger partial charge >= 0.3 is 0 Å². The van der Waals surface area contributed by atoms with Crippen molar-refractivity contribution in [2.24, 2.45) is 4.99 Å². The maximum Gasteiger partial charge on any atom is 0.0361 e. The van der Waals surface area contributed by atoms with Crippen LogP contribution in [0.25, 0.3) is 6.08 Å². The van der Waals surface area contributed by atoms with E-state index in [1.54, 1.807) is 0 Å². The fourth-order valence-electron chi connectivity index (χ4n) is 2.56. The highest BCUT2D eigenvalue weighted by Crippen LogP contribution is 2.17. The lowest BCUT2D eigenvalue weighted by atomic mass is 10.00. The van der Waals surface area contributed by atoms with Crippen LogP contribution in [0.4, 0.5) is 0 Å². The van der Waals surface area contributed by atoms with E-state index < -0.39 is 0 Å². The quantitative estimate of drug-likeness (QED) is 0.455. The molecule has 22 heavy (non-hydrogen) atoms. The van der Waals surface area contributed by atoms with Crippen LogP contribution in [-0.4, -0.2) is 5.71 Å². The van der Waals surface area contributed by atoms with Crippen LogP contribution in [0.3, 0.4) is 0 Å². The summed E-state index contributed by atoms with van der Waals surface area (Å²) < 4.78 is 0. The van der Waals surface area contributed by atoms with Gasteiger partial charge in [-0.1, -0.05) is 55.8 Å². The first kappa shape index (κ1) is 18.4. The van der Waals surface area contributed by atoms with Crippen molar-refractivity contribution < 1.29 is 0 Å². The monoisotopic (exact) mass is 297 g/mol. The van der Waals surface area contributed by atoms with Crippen LogP contribution in [0.15, 0.2) is 47.1 Å². The summed E-state index contributed by atoms with van der Waals surface area (Å²) in [4.78, 5) is 4.75. The third-order valence-electron chi connectivity index (χ3n) is 4.14. The SMILES string of the molecule is C=Cc1ccccc1CCC/C(C)=C(\C)N=C(C)CCCC. The number of aliphatic imine (C=N–C) groups is 1. The summed E-state index contributed by atoms with van der Waals surface area (Å²) in [6.45, 7) is 12.6. The number of rotatable bonds is 9. The molecule has 1 rings (SSSR count). The molecule has 0 radical (unpaired) electrons. The first-order chi connectivity index (χ1) is 10.6. The molecule has 0 saturated heterocycles. The van der Waals surface area contributed by atoms with Crippen molar-refractivity contribution in [1.82, 2.24) is 0 Å². The number of nitrogens with zero attached hydrogens (tertiary/aromatic N) is 1. The molecule has 120 valence electrons. The Balaban J connectivity index is 2.55. The third kappa shape index (κ3) is 6.43. The highest BCUT2D eigenvalue weighted by atomic mass is 14.7. The zero-order chi connectivity index (χ0) is 16.4. The number of unbranched alkanes of at least 4 members (excludes halogenated alkanes) is 1. The molecule has 0 aliphatic rings. The van der Waals surface area contributed by atoms with E-state index in [0.717, 1.165) is 25.7 Å². The van der Waals surface area contributed by atoms with Crippen molar-refractivity contribution in [3.63, 3.8) is 0 Å². The zero-order valence-electron chi connectivity index (χ0n) is 14.8. The highest BCUT2D eigenvalue weighted by Gasteiger charge is 2.01. The van der Waals surface area contributed by atoms with Crippen molar-refractivity contribution in [2.45, 2.75) is 66.2 Å². The molecule has 0 atom stereocenters. The summed E-state index contributed by atoms with van der Waals surface area (Å²) in [6.07, 6.45) is 8.92. The summed E-state index contributed by atoms with van der Waals surface area (Å²) in [6, 6.07) is 8.52. The molecule has 0 amide bonds. The normalized spacial score (nSPS) is 13.0. The van der Waals surface area contributed by atoms with Gasteiger partial charge in [0.25, 0.3) is 0 Å². The van der Waals surface area contributed by atoms with Gasteiger partial charge in [-0.2, -0.15) is 0 Å². The predicted octanol–water partition coefficient (Wildman–Crippen LogP) is 6.60. The van der Waals surface area contributed by atoms with Crippen molar-refractivity contribution >= 4 is 11.8 Å². The topological polar surface area (TPSA) is 12.4 Å². The average Bonchev–Trinajstić information content (AvgIpc) is 2.53. The molecule has 0 unspecified atom stereocenters. The van der Waals surface area contributed by atoms with Gasteiger partial charge in [0.1, 0.15) is 0 Å². The number of allylic oxidation sites excluding steroid dienone is 2. The van der Waals surface area contributed by atoms with Crippen molar-refractivity contribution in [2.75, 3.05) is 0 Å². The van der Waals surface area contributed by atoms with Crippen LogP contribution >= 0.6 is 0 Å². The van der Waals surface area contributed by atoms with Crippen LogP contribution in [-0.2, 0) is 6.42 Å².